The molecule has 2 N–H and O–H groups in total. The van der Waals surface area contributed by atoms with E-state index in [0.29, 0.717) is 0 Å². The molecule has 1 saturated heterocycles. The number of carboxylic acids is 1. The minimum atomic E-state index is -4.54. The Hall–Kier alpha value is -1.80. The molecule has 0 spiro atoms. The van der Waals surface area contributed by atoms with Crippen LogP contribution in [0.2, 0.25) is 0 Å². The lowest BCUT2D eigenvalue weighted by Crippen LogP contribution is -2.46. The van der Waals surface area contributed by atoms with Gasteiger partial charge in [-0.25, -0.2) is 4.79 Å². The predicted octanol–water partition coefficient (Wildman–Crippen LogP) is -0.260. The zero-order valence-electron chi connectivity index (χ0n) is 9.16. The molecule has 1 atom stereocenters. The first kappa shape index (κ1) is 14.3. The largest absolute Gasteiger partial charge is 0.480 e. The zero-order valence-corrected chi connectivity index (χ0v) is 9.16. The Morgan fingerprint density at radius 2 is 2.06 bits per heavy atom. The number of amides is 2. The summed E-state index contributed by atoms with van der Waals surface area (Å²) >= 11 is 0. The summed E-state index contributed by atoms with van der Waals surface area (Å²) in [4.78, 5) is 34.0. The summed E-state index contributed by atoms with van der Waals surface area (Å²) < 4.78 is 35.5. The minimum Gasteiger partial charge on any atom is -0.480 e. The molecular weight excluding hydrogens is 257 g/mol. The van der Waals surface area contributed by atoms with Gasteiger partial charge in [-0.15, -0.1) is 0 Å². The van der Waals surface area contributed by atoms with E-state index in [9.17, 15) is 27.6 Å². The molecular formula is C9H11F3N2O4. The number of carbonyl (C=O) groups is 3. The van der Waals surface area contributed by atoms with Crippen molar-refractivity contribution in [1.82, 2.24) is 10.2 Å². The monoisotopic (exact) mass is 268 g/mol. The number of carboxylic acid groups (broad SMARTS) is 1. The van der Waals surface area contributed by atoms with E-state index < -0.39 is 43.1 Å². The van der Waals surface area contributed by atoms with Crippen molar-refractivity contribution < 1.29 is 32.7 Å². The van der Waals surface area contributed by atoms with E-state index in [1.165, 1.54) is 0 Å². The third kappa shape index (κ3) is 3.90. The number of halogens is 3. The lowest BCUT2D eigenvalue weighted by Gasteiger charge is -2.21. The molecule has 0 radical (unpaired) electrons. The van der Waals surface area contributed by atoms with Gasteiger partial charge < -0.3 is 15.3 Å². The number of likely N-dealkylation sites (tertiary alicyclic amines) is 1. The van der Waals surface area contributed by atoms with Gasteiger partial charge in [0.05, 0.1) is 0 Å². The van der Waals surface area contributed by atoms with Gasteiger partial charge in [0.25, 0.3) is 0 Å². The first-order valence-corrected chi connectivity index (χ1v) is 5.06. The average molecular weight is 268 g/mol. The molecule has 0 aromatic heterocycles. The van der Waals surface area contributed by atoms with Gasteiger partial charge in [-0.2, -0.15) is 13.2 Å². The first-order valence-electron chi connectivity index (χ1n) is 5.06. The summed E-state index contributed by atoms with van der Waals surface area (Å²) in [5.41, 5.74) is 0. The molecule has 1 unspecified atom stereocenters. The van der Waals surface area contributed by atoms with Crippen molar-refractivity contribution in [2.24, 2.45) is 0 Å². The third-order valence-corrected chi connectivity index (χ3v) is 2.41. The summed E-state index contributed by atoms with van der Waals surface area (Å²) in [5, 5.41) is 10.3. The van der Waals surface area contributed by atoms with Crippen LogP contribution < -0.4 is 5.32 Å². The molecule has 1 fully saturated rings. The second-order valence-corrected chi connectivity index (χ2v) is 3.81. The van der Waals surface area contributed by atoms with Crippen LogP contribution in [0.3, 0.4) is 0 Å². The highest BCUT2D eigenvalue weighted by Crippen LogP contribution is 2.18. The number of nitrogens with one attached hydrogen (secondary N) is 1. The lowest BCUT2D eigenvalue weighted by atomic mass is 10.2. The second kappa shape index (κ2) is 5.23. The summed E-state index contributed by atoms with van der Waals surface area (Å²) in [5.74, 6) is -2.86. The molecule has 9 heteroatoms. The lowest BCUT2D eigenvalue weighted by molar-refractivity contribution is -0.149. The Morgan fingerprint density at radius 3 is 2.56 bits per heavy atom. The third-order valence-electron chi connectivity index (χ3n) is 2.41. The van der Waals surface area contributed by atoms with Crippen molar-refractivity contribution in [2.75, 3.05) is 13.1 Å². The number of rotatable bonds is 4. The van der Waals surface area contributed by atoms with E-state index in [-0.39, 0.29) is 12.8 Å². The SMILES string of the molecule is O=C(CN1C(=O)CCC1C(=O)O)NCC(F)(F)F. The van der Waals surface area contributed by atoms with Crippen LogP contribution in [-0.2, 0) is 14.4 Å². The van der Waals surface area contributed by atoms with Gasteiger partial charge in [0.15, 0.2) is 0 Å². The minimum absolute atomic E-state index is 0.0243. The Morgan fingerprint density at radius 1 is 1.44 bits per heavy atom. The van der Waals surface area contributed by atoms with Gasteiger partial charge in [-0.1, -0.05) is 0 Å². The van der Waals surface area contributed by atoms with E-state index in [2.05, 4.69) is 0 Å². The van der Waals surface area contributed by atoms with Crippen LogP contribution in [0.5, 0.6) is 0 Å². The van der Waals surface area contributed by atoms with E-state index in [0.717, 1.165) is 4.90 Å². The molecule has 0 aliphatic carbocycles. The molecule has 1 rings (SSSR count). The van der Waals surface area contributed by atoms with E-state index in [4.69, 9.17) is 5.11 Å². The maximum Gasteiger partial charge on any atom is 0.405 e. The highest BCUT2D eigenvalue weighted by Gasteiger charge is 2.37. The molecule has 0 aromatic rings. The maximum absolute atomic E-state index is 11.8. The number of nitrogens with zero attached hydrogens (tertiary/aromatic N) is 1. The van der Waals surface area contributed by atoms with Gasteiger partial charge in [-0.3, -0.25) is 9.59 Å². The Labute approximate surface area is 99.7 Å². The van der Waals surface area contributed by atoms with Crippen LogP contribution in [-0.4, -0.2) is 53.1 Å². The highest BCUT2D eigenvalue weighted by molar-refractivity contribution is 5.91. The molecule has 0 saturated carbocycles. The Balaban J connectivity index is 2.52. The van der Waals surface area contributed by atoms with Gasteiger partial charge in [0, 0.05) is 6.42 Å². The molecule has 18 heavy (non-hydrogen) atoms. The second-order valence-electron chi connectivity index (χ2n) is 3.81. The Bertz CT molecular complexity index is 369. The molecule has 1 heterocycles. The fourth-order valence-corrected chi connectivity index (χ4v) is 1.60. The normalized spacial score (nSPS) is 20.1. The number of alkyl halides is 3. The topological polar surface area (TPSA) is 86.7 Å². The fourth-order valence-electron chi connectivity index (χ4n) is 1.60. The van der Waals surface area contributed by atoms with Crippen molar-refractivity contribution in [2.45, 2.75) is 25.1 Å². The van der Waals surface area contributed by atoms with Crippen LogP contribution >= 0.6 is 0 Å². The molecule has 2 amide bonds. The molecule has 1 aliphatic rings. The number of hydrogen-bond donors (Lipinski definition) is 2. The van der Waals surface area contributed by atoms with Crippen LogP contribution in [0.25, 0.3) is 0 Å². The van der Waals surface area contributed by atoms with Crippen LogP contribution in [0.15, 0.2) is 0 Å². The maximum atomic E-state index is 11.8. The van der Waals surface area contributed by atoms with Gasteiger partial charge in [0.2, 0.25) is 11.8 Å². The number of carbonyl (C=O) groups excluding carboxylic acids is 2. The zero-order chi connectivity index (χ0) is 13.9. The first-order chi connectivity index (χ1) is 8.20. The van der Waals surface area contributed by atoms with Crippen molar-refractivity contribution in [3.63, 3.8) is 0 Å². The van der Waals surface area contributed by atoms with Crippen LogP contribution in [0.4, 0.5) is 13.2 Å². The molecule has 1 aliphatic heterocycles. The molecule has 6 nitrogen and oxygen atoms in total. The van der Waals surface area contributed by atoms with Gasteiger partial charge in [0.1, 0.15) is 19.1 Å². The fraction of sp³-hybridized carbons (Fsp3) is 0.667. The Kier molecular flexibility index (Phi) is 4.15. The average Bonchev–Trinajstić information content (AvgIpc) is 2.57. The van der Waals surface area contributed by atoms with Crippen molar-refractivity contribution in [3.8, 4) is 0 Å². The standard InChI is InChI=1S/C9H11F3N2O4/c10-9(11,12)4-13-6(15)3-14-5(8(17)18)1-2-7(14)16/h5H,1-4H2,(H,13,15)(H,17,18). The van der Waals surface area contributed by atoms with E-state index in [1.54, 1.807) is 5.32 Å². The van der Waals surface area contributed by atoms with Crippen molar-refractivity contribution in [1.29, 1.82) is 0 Å². The smallest absolute Gasteiger partial charge is 0.405 e. The number of aliphatic carboxylic acids is 1. The quantitative estimate of drug-likeness (QED) is 0.735. The van der Waals surface area contributed by atoms with Gasteiger partial charge >= 0.3 is 12.1 Å². The molecule has 0 aromatic carbocycles. The summed E-state index contributed by atoms with van der Waals surface area (Å²) in [6.45, 7) is -2.18. The van der Waals surface area contributed by atoms with E-state index in [1.807, 2.05) is 0 Å². The predicted molar refractivity (Wildman–Crippen MR) is 51.4 cm³/mol. The summed E-state index contributed by atoms with van der Waals surface area (Å²) in [7, 11) is 0. The summed E-state index contributed by atoms with van der Waals surface area (Å²) in [6, 6.07) is -1.14. The van der Waals surface area contributed by atoms with Crippen molar-refractivity contribution in [3.05, 3.63) is 0 Å². The summed E-state index contributed by atoms with van der Waals surface area (Å²) in [6.07, 6.45) is -4.51. The van der Waals surface area contributed by atoms with Crippen molar-refractivity contribution >= 4 is 17.8 Å². The van der Waals surface area contributed by atoms with E-state index >= 15 is 0 Å². The van der Waals surface area contributed by atoms with Gasteiger partial charge in [-0.05, 0) is 6.42 Å². The number of hydrogen-bond acceptors (Lipinski definition) is 3. The molecule has 0 bridgehead atoms. The highest BCUT2D eigenvalue weighted by atomic mass is 19.4. The molecule has 102 valence electrons. The van der Waals surface area contributed by atoms with Crippen LogP contribution in [0, 0.1) is 0 Å². The van der Waals surface area contributed by atoms with Crippen LogP contribution in [0.1, 0.15) is 12.8 Å².